The van der Waals surface area contributed by atoms with E-state index in [-0.39, 0.29) is 35.8 Å². The Hall–Kier alpha value is -1.95. The summed E-state index contributed by atoms with van der Waals surface area (Å²) in [5.74, 6) is 0.697. The molecule has 1 aromatic heterocycles. The molecule has 152 valence electrons. The van der Waals surface area contributed by atoms with Crippen LogP contribution in [0.25, 0.3) is 0 Å². The summed E-state index contributed by atoms with van der Waals surface area (Å²) in [5, 5.41) is 0. The van der Waals surface area contributed by atoms with Gasteiger partial charge in [0.15, 0.2) is 5.78 Å². The number of amides is 1. The van der Waals surface area contributed by atoms with Crippen molar-refractivity contribution in [2.75, 3.05) is 19.6 Å². The van der Waals surface area contributed by atoms with Crippen molar-refractivity contribution in [2.45, 2.75) is 70.5 Å². The van der Waals surface area contributed by atoms with Crippen molar-refractivity contribution in [1.82, 2.24) is 14.4 Å². The van der Waals surface area contributed by atoms with Gasteiger partial charge in [-0.3, -0.25) is 19.3 Å². The number of hydrogen-bond donors (Lipinski definition) is 0. The third-order valence-electron chi connectivity index (χ3n) is 6.79. The van der Waals surface area contributed by atoms with E-state index in [0.717, 1.165) is 51.0 Å². The van der Waals surface area contributed by atoms with Crippen LogP contribution < -0.4 is 5.56 Å². The maximum absolute atomic E-state index is 12.7. The molecule has 28 heavy (non-hydrogen) atoms. The summed E-state index contributed by atoms with van der Waals surface area (Å²) in [7, 11) is 0. The number of carbonyl (C=O) groups excluding carboxylic acids is 2. The number of rotatable bonds is 4. The Kier molecular flexibility index (Phi) is 5.41. The van der Waals surface area contributed by atoms with Gasteiger partial charge in [-0.15, -0.1) is 0 Å². The number of Topliss-reactive ketones (excluding diaryl/α,β-unsaturated/α-hetero) is 1. The molecule has 4 atom stereocenters. The van der Waals surface area contributed by atoms with Crippen molar-refractivity contribution in [3.63, 3.8) is 0 Å². The fraction of sp³-hybridized carbons (Fsp3) is 0.682. The zero-order valence-corrected chi connectivity index (χ0v) is 17.0. The molecule has 3 aliphatic heterocycles. The molecule has 0 saturated carbocycles. The molecule has 6 nitrogen and oxygen atoms in total. The lowest BCUT2D eigenvalue weighted by molar-refractivity contribution is -0.140. The molecule has 2 bridgehead atoms. The highest BCUT2D eigenvalue weighted by Crippen LogP contribution is 2.34. The molecule has 0 spiro atoms. The van der Waals surface area contributed by atoms with Gasteiger partial charge in [0.25, 0.3) is 5.56 Å². The summed E-state index contributed by atoms with van der Waals surface area (Å²) in [6.07, 6.45) is 4.30. The lowest BCUT2D eigenvalue weighted by Gasteiger charge is -2.42. The van der Waals surface area contributed by atoms with Gasteiger partial charge in [0.05, 0.1) is 13.0 Å². The largest absolute Gasteiger partial charge is 0.337 e. The highest BCUT2D eigenvalue weighted by atomic mass is 16.2. The van der Waals surface area contributed by atoms with Gasteiger partial charge >= 0.3 is 0 Å². The first-order chi connectivity index (χ1) is 13.4. The highest BCUT2D eigenvalue weighted by Gasteiger charge is 2.35. The van der Waals surface area contributed by atoms with E-state index in [1.807, 2.05) is 21.6 Å². The summed E-state index contributed by atoms with van der Waals surface area (Å²) in [5.41, 5.74) is 1.17. The minimum absolute atomic E-state index is 0.0105. The molecule has 0 radical (unpaired) electrons. The van der Waals surface area contributed by atoms with Crippen LogP contribution in [0.2, 0.25) is 0 Å². The fourth-order valence-electron chi connectivity index (χ4n) is 5.60. The van der Waals surface area contributed by atoms with Gasteiger partial charge in [0.1, 0.15) is 0 Å². The van der Waals surface area contributed by atoms with Crippen molar-refractivity contribution in [1.29, 1.82) is 0 Å². The van der Waals surface area contributed by atoms with Crippen LogP contribution in [-0.2, 0) is 16.1 Å². The number of hydrogen-bond acceptors (Lipinski definition) is 4. The second-order valence-electron chi connectivity index (χ2n) is 9.04. The summed E-state index contributed by atoms with van der Waals surface area (Å²) < 4.78 is 1.90. The van der Waals surface area contributed by atoms with Crippen LogP contribution in [0, 0.1) is 5.92 Å². The lowest BCUT2D eigenvalue weighted by Crippen LogP contribution is -2.50. The predicted octanol–water partition coefficient (Wildman–Crippen LogP) is 2.02. The van der Waals surface area contributed by atoms with Crippen LogP contribution in [0.15, 0.2) is 23.0 Å². The lowest BCUT2D eigenvalue weighted by atomic mass is 9.83. The SMILES string of the molecule is C[C@@H]1CCC[C@H](C)N1C(=O)CC(=O)CN1C[C@@H]2C[C@H](C1)c1cccc(=O)n1C2. The second kappa shape index (κ2) is 7.82. The van der Waals surface area contributed by atoms with Crippen LogP contribution in [0.4, 0.5) is 0 Å². The van der Waals surface area contributed by atoms with E-state index in [4.69, 9.17) is 0 Å². The van der Waals surface area contributed by atoms with Crippen molar-refractivity contribution in [3.8, 4) is 0 Å². The van der Waals surface area contributed by atoms with Crippen LogP contribution in [-0.4, -0.2) is 57.8 Å². The molecule has 2 saturated heterocycles. The zero-order valence-electron chi connectivity index (χ0n) is 17.0. The normalized spacial score (nSPS) is 30.0. The average Bonchev–Trinajstić information content (AvgIpc) is 2.62. The maximum Gasteiger partial charge on any atom is 0.250 e. The summed E-state index contributed by atoms with van der Waals surface area (Å²) in [4.78, 5) is 41.6. The number of pyridine rings is 1. The van der Waals surface area contributed by atoms with E-state index < -0.39 is 0 Å². The predicted molar refractivity (Wildman–Crippen MR) is 107 cm³/mol. The van der Waals surface area contributed by atoms with Crippen LogP contribution in [0.1, 0.15) is 57.6 Å². The van der Waals surface area contributed by atoms with Gasteiger partial charge in [0, 0.05) is 49.4 Å². The van der Waals surface area contributed by atoms with E-state index in [1.54, 1.807) is 6.07 Å². The first-order valence-corrected chi connectivity index (χ1v) is 10.7. The Morgan fingerprint density at radius 1 is 1.07 bits per heavy atom. The van der Waals surface area contributed by atoms with Crippen molar-refractivity contribution in [3.05, 3.63) is 34.2 Å². The van der Waals surface area contributed by atoms with Crippen LogP contribution in [0.5, 0.6) is 0 Å². The molecule has 4 heterocycles. The summed E-state index contributed by atoms with van der Waals surface area (Å²) in [6.45, 7) is 6.86. The van der Waals surface area contributed by atoms with Crippen molar-refractivity contribution in [2.24, 2.45) is 5.92 Å². The van der Waals surface area contributed by atoms with Crippen molar-refractivity contribution >= 4 is 11.7 Å². The first kappa shape index (κ1) is 19.4. The molecule has 2 fully saturated rings. The topological polar surface area (TPSA) is 62.6 Å². The number of fused-ring (bicyclic) bond motifs is 4. The molecule has 6 heteroatoms. The fourth-order valence-corrected chi connectivity index (χ4v) is 5.60. The smallest absolute Gasteiger partial charge is 0.250 e. The number of carbonyl (C=O) groups is 2. The molecule has 3 aliphatic rings. The zero-order chi connectivity index (χ0) is 19.8. The Morgan fingerprint density at radius 3 is 2.57 bits per heavy atom. The average molecular weight is 386 g/mol. The minimum atomic E-state index is -0.0150. The van der Waals surface area contributed by atoms with E-state index >= 15 is 0 Å². The molecular formula is C22H31N3O3. The molecule has 1 amide bonds. The van der Waals surface area contributed by atoms with E-state index in [1.165, 1.54) is 0 Å². The van der Waals surface area contributed by atoms with Crippen LogP contribution in [0.3, 0.4) is 0 Å². The summed E-state index contributed by atoms with van der Waals surface area (Å²) in [6, 6.07) is 5.95. The van der Waals surface area contributed by atoms with E-state index in [0.29, 0.717) is 18.4 Å². The number of piperidine rings is 2. The molecule has 0 aliphatic carbocycles. The minimum Gasteiger partial charge on any atom is -0.337 e. The molecule has 1 aromatic rings. The number of aromatic nitrogens is 1. The molecular weight excluding hydrogens is 354 g/mol. The van der Waals surface area contributed by atoms with Gasteiger partial charge in [0.2, 0.25) is 5.91 Å². The van der Waals surface area contributed by atoms with Gasteiger partial charge in [-0.25, -0.2) is 0 Å². The third-order valence-corrected chi connectivity index (χ3v) is 6.79. The van der Waals surface area contributed by atoms with E-state index in [9.17, 15) is 14.4 Å². The molecule has 0 unspecified atom stereocenters. The molecule has 4 rings (SSSR count). The molecule has 0 N–H and O–H groups in total. The quantitative estimate of drug-likeness (QED) is 0.744. The Bertz CT molecular complexity index is 807. The van der Waals surface area contributed by atoms with Gasteiger partial charge in [-0.2, -0.15) is 0 Å². The Balaban J connectivity index is 1.37. The standard InChI is InChI=1S/C22H31N3O3/c1-15-5-3-6-16(2)25(15)22(28)10-19(26)14-23-11-17-9-18(13-23)20-7-4-8-21(27)24(20)12-17/h4,7-8,15-18H,3,5-6,9-14H2,1-2H3/t15-,16+,17-,18+/m0/s1. The highest BCUT2D eigenvalue weighted by molar-refractivity contribution is 5.99. The Morgan fingerprint density at radius 2 is 1.82 bits per heavy atom. The number of likely N-dealkylation sites (tertiary alicyclic amines) is 2. The number of nitrogens with zero attached hydrogens (tertiary/aromatic N) is 3. The van der Waals surface area contributed by atoms with Gasteiger partial charge < -0.3 is 9.47 Å². The first-order valence-electron chi connectivity index (χ1n) is 10.7. The summed E-state index contributed by atoms with van der Waals surface area (Å²) >= 11 is 0. The third kappa shape index (κ3) is 3.79. The second-order valence-corrected chi connectivity index (χ2v) is 9.04. The molecule has 0 aromatic carbocycles. The van der Waals surface area contributed by atoms with E-state index in [2.05, 4.69) is 18.7 Å². The number of ketones is 1. The van der Waals surface area contributed by atoms with Gasteiger partial charge in [-0.05, 0) is 51.5 Å². The Labute approximate surface area is 166 Å². The maximum atomic E-state index is 12.7. The van der Waals surface area contributed by atoms with Gasteiger partial charge in [-0.1, -0.05) is 6.07 Å². The van der Waals surface area contributed by atoms with Crippen molar-refractivity contribution < 1.29 is 9.59 Å². The monoisotopic (exact) mass is 385 g/mol. The van der Waals surface area contributed by atoms with Crippen LogP contribution >= 0.6 is 0 Å².